The van der Waals surface area contributed by atoms with Crippen molar-refractivity contribution in [1.29, 1.82) is 0 Å². The minimum absolute atomic E-state index is 0.0672. The fourth-order valence-electron chi connectivity index (χ4n) is 3.72. The summed E-state index contributed by atoms with van der Waals surface area (Å²) in [5.74, 6) is 0.122. The Hall–Kier alpha value is -2.69. The molecule has 148 valence electrons. The number of carbonyl (C=O) groups excluding carboxylic acids is 2. The first-order chi connectivity index (χ1) is 13.5. The lowest BCUT2D eigenvalue weighted by Gasteiger charge is -2.33. The summed E-state index contributed by atoms with van der Waals surface area (Å²) in [5.41, 5.74) is 2.39. The fourth-order valence-corrected chi connectivity index (χ4v) is 3.72. The van der Waals surface area contributed by atoms with E-state index in [1.807, 2.05) is 35.2 Å². The van der Waals surface area contributed by atoms with Crippen molar-refractivity contribution in [2.45, 2.75) is 39.0 Å². The third kappa shape index (κ3) is 5.65. The summed E-state index contributed by atoms with van der Waals surface area (Å²) in [6.45, 7) is 3.29. The van der Waals surface area contributed by atoms with Gasteiger partial charge in [0.05, 0.1) is 6.42 Å². The van der Waals surface area contributed by atoms with Gasteiger partial charge in [0.1, 0.15) is 5.82 Å². The number of amides is 2. The lowest BCUT2D eigenvalue weighted by atomic mass is 9.93. The number of aryl methyl sites for hydroxylation is 1. The molecule has 2 aromatic rings. The van der Waals surface area contributed by atoms with Gasteiger partial charge in [-0.05, 0) is 61.4 Å². The lowest BCUT2D eigenvalue weighted by molar-refractivity contribution is -0.132. The van der Waals surface area contributed by atoms with Gasteiger partial charge in [0, 0.05) is 25.2 Å². The number of hydrogen-bond acceptors (Lipinski definition) is 2. The van der Waals surface area contributed by atoms with E-state index in [-0.39, 0.29) is 17.6 Å². The molecular weight excluding hydrogens is 355 g/mol. The van der Waals surface area contributed by atoms with Crippen LogP contribution >= 0.6 is 0 Å². The Kier molecular flexibility index (Phi) is 6.80. The van der Waals surface area contributed by atoms with Gasteiger partial charge in [-0.2, -0.15) is 0 Å². The largest absolute Gasteiger partial charge is 0.342 e. The minimum atomic E-state index is -0.307. The lowest BCUT2D eigenvalue weighted by Crippen LogP contribution is -2.40. The summed E-state index contributed by atoms with van der Waals surface area (Å²) in [4.78, 5) is 26.8. The zero-order chi connectivity index (χ0) is 19.9. The summed E-state index contributed by atoms with van der Waals surface area (Å²) in [7, 11) is 0. The van der Waals surface area contributed by atoms with Gasteiger partial charge in [0.2, 0.25) is 11.8 Å². The Bertz CT molecular complexity index is 823. The summed E-state index contributed by atoms with van der Waals surface area (Å²) in [6.07, 6.45) is 3.60. The van der Waals surface area contributed by atoms with Gasteiger partial charge in [0.25, 0.3) is 0 Å². The zero-order valence-electron chi connectivity index (χ0n) is 16.3. The molecule has 0 aromatic heterocycles. The van der Waals surface area contributed by atoms with Crippen molar-refractivity contribution < 1.29 is 14.0 Å². The Morgan fingerprint density at radius 1 is 1.18 bits per heavy atom. The van der Waals surface area contributed by atoms with E-state index in [0.29, 0.717) is 36.6 Å². The quantitative estimate of drug-likeness (QED) is 0.808. The van der Waals surface area contributed by atoms with Gasteiger partial charge < -0.3 is 10.2 Å². The topological polar surface area (TPSA) is 49.4 Å². The van der Waals surface area contributed by atoms with Crippen molar-refractivity contribution in [3.63, 3.8) is 0 Å². The number of likely N-dealkylation sites (tertiary alicyclic amines) is 1. The number of nitrogens with zero attached hydrogens (tertiary/aromatic N) is 1. The first-order valence-electron chi connectivity index (χ1n) is 9.89. The van der Waals surface area contributed by atoms with Crippen LogP contribution in [0.5, 0.6) is 0 Å². The standard InChI is InChI=1S/C23H27FN2O2/c1-17-14-20(24)10-11-21(17)25-22(27)12-9-19-8-5-13-26(16-19)23(28)15-18-6-3-2-4-7-18/h2-4,6-7,10-11,14,19H,5,8-9,12-13,15-16H2,1H3,(H,25,27). The fraction of sp³-hybridized carbons (Fsp3) is 0.391. The molecule has 1 fully saturated rings. The smallest absolute Gasteiger partial charge is 0.226 e. The van der Waals surface area contributed by atoms with Crippen LogP contribution < -0.4 is 5.32 Å². The Balaban J connectivity index is 1.46. The summed E-state index contributed by atoms with van der Waals surface area (Å²) in [5, 5.41) is 2.86. The molecule has 0 radical (unpaired) electrons. The van der Waals surface area contributed by atoms with Crippen LogP contribution in [0.15, 0.2) is 48.5 Å². The average Bonchev–Trinajstić information content (AvgIpc) is 2.69. The second kappa shape index (κ2) is 9.49. The van der Waals surface area contributed by atoms with Gasteiger partial charge in [0.15, 0.2) is 0 Å². The number of piperidine rings is 1. The molecule has 0 saturated carbocycles. The third-order valence-electron chi connectivity index (χ3n) is 5.31. The molecule has 2 amide bonds. The van der Waals surface area contributed by atoms with Gasteiger partial charge in [-0.3, -0.25) is 9.59 Å². The van der Waals surface area contributed by atoms with E-state index < -0.39 is 0 Å². The molecule has 5 heteroatoms. The van der Waals surface area contributed by atoms with Crippen molar-refractivity contribution in [1.82, 2.24) is 4.90 Å². The average molecular weight is 382 g/mol. The molecule has 1 N–H and O–H groups in total. The van der Waals surface area contributed by atoms with Gasteiger partial charge in [-0.1, -0.05) is 30.3 Å². The number of nitrogens with one attached hydrogen (secondary N) is 1. The van der Waals surface area contributed by atoms with Crippen LogP contribution in [-0.2, 0) is 16.0 Å². The van der Waals surface area contributed by atoms with Crippen molar-refractivity contribution >= 4 is 17.5 Å². The summed E-state index contributed by atoms with van der Waals surface area (Å²) in [6, 6.07) is 14.1. The molecule has 2 aromatic carbocycles. The second-order valence-electron chi connectivity index (χ2n) is 7.56. The van der Waals surface area contributed by atoms with Crippen LogP contribution in [-0.4, -0.2) is 29.8 Å². The molecule has 1 saturated heterocycles. The number of benzene rings is 2. The molecule has 1 atom stereocenters. The maximum atomic E-state index is 13.2. The summed E-state index contributed by atoms with van der Waals surface area (Å²) < 4.78 is 13.2. The van der Waals surface area contributed by atoms with Crippen LogP contribution in [0.3, 0.4) is 0 Å². The SMILES string of the molecule is Cc1cc(F)ccc1NC(=O)CCC1CCCN(C(=O)Cc2ccccc2)C1. The Labute approximate surface area is 165 Å². The monoisotopic (exact) mass is 382 g/mol. The highest BCUT2D eigenvalue weighted by atomic mass is 19.1. The predicted molar refractivity (Wildman–Crippen MR) is 108 cm³/mol. The maximum Gasteiger partial charge on any atom is 0.226 e. The van der Waals surface area contributed by atoms with Crippen molar-refractivity contribution in [3.05, 3.63) is 65.5 Å². The molecule has 1 unspecified atom stereocenters. The van der Waals surface area contributed by atoms with Crippen LogP contribution in [0, 0.1) is 18.7 Å². The predicted octanol–water partition coefficient (Wildman–Crippen LogP) is 4.33. The highest BCUT2D eigenvalue weighted by molar-refractivity contribution is 5.91. The molecule has 0 bridgehead atoms. The Morgan fingerprint density at radius 3 is 2.71 bits per heavy atom. The molecule has 1 aliphatic heterocycles. The van der Waals surface area contributed by atoms with Crippen molar-refractivity contribution in [2.75, 3.05) is 18.4 Å². The van der Waals surface area contributed by atoms with E-state index in [1.54, 1.807) is 13.0 Å². The van der Waals surface area contributed by atoms with E-state index in [9.17, 15) is 14.0 Å². The van der Waals surface area contributed by atoms with E-state index in [2.05, 4.69) is 5.32 Å². The van der Waals surface area contributed by atoms with Crippen LogP contribution in [0.25, 0.3) is 0 Å². The van der Waals surface area contributed by atoms with Crippen LogP contribution in [0.2, 0.25) is 0 Å². The Morgan fingerprint density at radius 2 is 1.96 bits per heavy atom. The molecule has 0 spiro atoms. The normalized spacial score (nSPS) is 16.6. The number of anilines is 1. The molecular formula is C23H27FN2O2. The molecule has 28 heavy (non-hydrogen) atoms. The molecule has 4 nitrogen and oxygen atoms in total. The highest BCUT2D eigenvalue weighted by Gasteiger charge is 2.24. The van der Waals surface area contributed by atoms with E-state index in [0.717, 1.165) is 31.4 Å². The van der Waals surface area contributed by atoms with Crippen molar-refractivity contribution in [2.24, 2.45) is 5.92 Å². The number of halogens is 1. The van der Waals surface area contributed by atoms with Gasteiger partial charge in [-0.25, -0.2) is 4.39 Å². The first-order valence-corrected chi connectivity index (χ1v) is 9.89. The zero-order valence-corrected chi connectivity index (χ0v) is 16.3. The summed E-state index contributed by atoms with van der Waals surface area (Å²) >= 11 is 0. The third-order valence-corrected chi connectivity index (χ3v) is 5.31. The van der Waals surface area contributed by atoms with E-state index in [4.69, 9.17) is 0 Å². The van der Waals surface area contributed by atoms with E-state index in [1.165, 1.54) is 12.1 Å². The molecule has 0 aliphatic carbocycles. The van der Waals surface area contributed by atoms with Crippen molar-refractivity contribution in [3.8, 4) is 0 Å². The molecule has 3 rings (SSSR count). The van der Waals surface area contributed by atoms with E-state index >= 15 is 0 Å². The van der Waals surface area contributed by atoms with Crippen LogP contribution in [0.4, 0.5) is 10.1 Å². The molecule has 1 heterocycles. The number of hydrogen-bond donors (Lipinski definition) is 1. The maximum absolute atomic E-state index is 13.2. The molecule has 1 aliphatic rings. The number of carbonyl (C=O) groups is 2. The first kappa shape index (κ1) is 20.1. The second-order valence-corrected chi connectivity index (χ2v) is 7.56. The van der Waals surface area contributed by atoms with Gasteiger partial charge >= 0.3 is 0 Å². The minimum Gasteiger partial charge on any atom is -0.342 e. The van der Waals surface area contributed by atoms with Gasteiger partial charge in [-0.15, -0.1) is 0 Å². The van der Waals surface area contributed by atoms with Crippen LogP contribution in [0.1, 0.15) is 36.8 Å². The highest BCUT2D eigenvalue weighted by Crippen LogP contribution is 2.23. The number of rotatable bonds is 6.